The van der Waals surface area contributed by atoms with E-state index in [-0.39, 0.29) is 12.1 Å². The molecule has 0 heterocycles. The molecule has 0 aromatic heterocycles. The number of esters is 1. The van der Waals surface area contributed by atoms with E-state index in [1.54, 1.807) is 12.1 Å². The van der Waals surface area contributed by atoms with E-state index in [0.717, 1.165) is 25.7 Å². The Hall–Kier alpha value is -1.71. The topological polar surface area (TPSA) is 55.7 Å². The van der Waals surface area contributed by atoms with E-state index in [1.807, 2.05) is 0 Å². The zero-order chi connectivity index (χ0) is 13.5. The molecule has 1 fully saturated rings. The highest BCUT2D eigenvalue weighted by molar-refractivity contribution is 5.89. The minimum Gasteiger partial charge on any atom is -0.459 e. The molecule has 4 heteroatoms. The van der Waals surface area contributed by atoms with Crippen LogP contribution in [-0.2, 0) is 4.74 Å². The lowest BCUT2D eigenvalue weighted by atomic mass is 9.98. The Bertz CT molecular complexity index is 420. The lowest BCUT2D eigenvalue weighted by Crippen LogP contribution is -2.19. The zero-order valence-corrected chi connectivity index (χ0v) is 11.0. The summed E-state index contributed by atoms with van der Waals surface area (Å²) in [6.07, 6.45) is 7.97. The molecule has 0 N–H and O–H groups in total. The van der Waals surface area contributed by atoms with Crippen LogP contribution in [0.4, 0.5) is 5.69 Å². The molecule has 4 nitrogen and oxygen atoms in total. The van der Waals surface area contributed by atoms with Gasteiger partial charge in [0.05, 0.1) is 5.56 Å². The van der Waals surface area contributed by atoms with Crippen LogP contribution in [0.5, 0.6) is 0 Å². The van der Waals surface area contributed by atoms with Crippen LogP contribution in [0.15, 0.2) is 29.4 Å². The fourth-order valence-electron chi connectivity index (χ4n) is 2.41. The minimum absolute atomic E-state index is 0.0386. The van der Waals surface area contributed by atoms with E-state index in [9.17, 15) is 9.70 Å². The number of nitrogens with zero attached hydrogens (tertiary/aromatic N) is 1. The number of hydrogen-bond acceptors (Lipinski definition) is 4. The molecule has 1 aromatic rings. The number of benzene rings is 1. The fraction of sp³-hybridized carbons (Fsp3) is 0.533. The number of carbonyl (C=O) groups is 1. The van der Waals surface area contributed by atoms with Gasteiger partial charge >= 0.3 is 5.97 Å². The van der Waals surface area contributed by atoms with E-state index >= 15 is 0 Å². The summed E-state index contributed by atoms with van der Waals surface area (Å²) in [6, 6.07) is 6.23. The van der Waals surface area contributed by atoms with Crippen molar-refractivity contribution >= 4 is 11.7 Å². The Labute approximate surface area is 113 Å². The van der Waals surface area contributed by atoms with Crippen LogP contribution in [0.2, 0.25) is 0 Å². The summed E-state index contributed by atoms with van der Waals surface area (Å²) >= 11 is 0. The van der Waals surface area contributed by atoms with Crippen molar-refractivity contribution in [2.75, 3.05) is 0 Å². The first-order valence-corrected chi connectivity index (χ1v) is 6.94. The number of nitroso groups, excluding NO2 is 1. The van der Waals surface area contributed by atoms with Gasteiger partial charge in [0, 0.05) is 0 Å². The second kappa shape index (κ2) is 7.02. The Morgan fingerprint density at radius 2 is 1.58 bits per heavy atom. The summed E-state index contributed by atoms with van der Waals surface area (Å²) < 4.78 is 5.54. The van der Waals surface area contributed by atoms with Gasteiger partial charge < -0.3 is 4.74 Å². The molecular weight excluding hydrogens is 242 g/mol. The lowest BCUT2D eigenvalue weighted by Gasteiger charge is -2.20. The third-order valence-corrected chi connectivity index (χ3v) is 3.53. The molecule has 0 aliphatic heterocycles. The Kier molecular flexibility index (Phi) is 5.07. The van der Waals surface area contributed by atoms with Crippen molar-refractivity contribution in [2.24, 2.45) is 5.18 Å². The molecule has 1 aliphatic rings. The van der Waals surface area contributed by atoms with Crippen molar-refractivity contribution < 1.29 is 9.53 Å². The summed E-state index contributed by atoms with van der Waals surface area (Å²) in [5.74, 6) is -0.303. The summed E-state index contributed by atoms with van der Waals surface area (Å²) in [7, 11) is 0. The summed E-state index contributed by atoms with van der Waals surface area (Å²) in [5.41, 5.74) is 0.803. The molecule has 1 aromatic carbocycles. The predicted molar refractivity (Wildman–Crippen MR) is 73.4 cm³/mol. The smallest absolute Gasteiger partial charge is 0.338 e. The molecule has 0 unspecified atom stereocenters. The monoisotopic (exact) mass is 261 g/mol. The molecule has 1 aliphatic carbocycles. The molecule has 1 saturated carbocycles. The van der Waals surface area contributed by atoms with Crippen molar-refractivity contribution in [2.45, 2.75) is 51.0 Å². The first-order valence-electron chi connectivity index (χ1n) is 6.94. The second-order valence-electron chi connectivity index (χ2n) is 5.01. The highest BCUT2D eigenvalue weighted by Crippen LogP contribution is 2.21. The van der Waals surface area contributed by atoms with Crippen molar-refractivity contribution in [3.05, 3.63) is 34.7 Å². The van der Waals surface area contributed by atoms with Crippen LogP contribution < -0.4 is 0 Å². The zero-order valence-electron chi connectivity index (χ0n) is 11.0. The van der Waals surface area contributed by atoms with Gasteiger partial charge in [-0.2, -0.15) is 0 Å². The Morgan fingerprint density at radius 3 is 2.16 bits per heavy atom. The van der Waals surface area contributed by atoms with Crippen LogP contribution in [0.1, 0.15) is 55.3 Å². The molecule has 0 amide bonds. The van der Waals surface area contributed by atoms with Crippen LogP contribution in [0, 0.1) is 4.91 Å². The van der Waals surface area contributed by atoms with Crippen LogP contribution in [-0.4, -0.2) is 12.1 Å². The molecule has 0 spiro atoms. The van der Waals surface area contributed by atoms with E-state index in [2.05, 4.69) is 5.18 Å². The highest BCUT2D eigenvalue weighted by atomic mass is 16.5. The Balaban J connectivity index is 1.92. The minimum atomic E-state index is -0.303. The fourth-order valence-corrected chi connectivity index (χ4v) is 2.41. The van der Waals surface area contributed by atoms with Crippen molar-refractivity contribution in [1.29, 1.82) is 0 Å². The standard InChI is InChI=1S/C15H19NO3/c17-15(12-8-10-13(16-18)11-9-12)19-14-6-4-2-1-3-5-7-14/h8-11,14H,1-7H2. The predicted octanol–water partition coefficient (Wildman–Crippen LogP) is 4.35. The molecule has 0 saturated heterocycles. The van der Waals surface area contributed by atoms with Gasteiger partial charge in [0.15, 0.2) is 0 Å². The number of rotatable bonds is 3. The average Bonchev–Trinajstić information content (AvgIpc) is 2.41. The van der Waals surface area contributed by atoms with E-state index in [1.165, 1.54) is 31.4 Å². The van der Waals surface area contributed by atoms with Crippen LogP contribution in [0.3, 0.4) is 0 Å². The maximum atomic E-state index is 12.0. The largest absolute Gasteiger partial charge is 0.459 e. The quantitative estimate of drug-likeness (QED) is 0.600. The first-order chi connectivity index (χ1) is 9.29. The summed E-state index contributed by atoms with van der Waals surface area (Å²) in [6.45, 7) is 0. The van der Waals surface area contributed by atoms with Gasteiger partial charge in [0.25, 0.3) is 0 Å². The summed E-state index contributed by atoms with van der Waals surface area (Å²) in [5, 5.41) is 2.81. The van der Waals surface area contributed by atoms with Gasteiger partial charge in [-0.3, -0.25) is 0 Å². The molecular formula is C15H19NO3. The maximum Gasteiger partial charge on any atom is 0.338 e. The molecule has 102 valence electrons. The Morgan fingerprint density at radius 1 is 1.00 bits per heavy atom. The van der Waals surface area contributed by atoms with Crippen molar-refractivity contribution in [3.63, 3.8) is 0 Å². The van der Waals surface area contributed by atoms with Crippen LogP contribution >= 0.6 is 0 Å². The summed E-state index contributed by atoms with van der Waals surface area (Å²) in [4.78, 5) is 22.3. The molecule has 2 rings (SSSR count). The van der Waals surface area contributed by atoms with Gasteiger partial charge in [-0.15, -0.1) is 4.91 Å². The van der Waals surface area contributed by atoms with Gasteiger partial charge in [-0.25, -0.2) is 4.79 Å². The number of ether oxygens (including phenoxy) is 1. The van der Waals surface area contributed by atoms with E-state index < -0.39 is 0 Å². The number of carbonyl (C=O) groups excluding carboxylic acids is 1. The van der Waals surface area contributed by atoms with Crippen molar-refractivity contribution in [1.82, 2.24) is 0 Å². The molecule has 0 bridgehead atoms. The maximum absolute atomic E-state index is 12.0. The average molecular weight is 261 g/mol. The highest BCUT2D eigenvalue weighted by Gasteiger charge is 2.17. The molecule has 0 radical (unpaired) electrons. The first kappa shape index (κ1) is 13.7. The third-order valence-electron chi connectivity index (χ3n) is 3.53. The normalized spacial score (nSPS) is 17.3. The van der Waals surface area contributed by atoms with Gasteiger partial charge in [0.2, 0.25) is 0 Å². The van der Waals surface area contributed by atoms with Crippen LogP contribution in [0.25, 0.3) is 0 Å². The van der Waals surface area contributed by atoms with Gasteiger partial charge in [-0.05, 0) is 55.1 Å². The molecule has 19 heavy (non-hydrogen) atoms. The second-order valence-corrected chi connectivity index (χ2v) is 5.01. The van der Waals surface area contributed by atoms with Gasteiger partial charge in [0.1, 0.15) is 11.8 Å². The molecule has 0 atom stereocenters. The van der Waals surface area contributed by atoms with E-state index in [0.29, 0.717) is 11.3 Å². The van der Waals surface area contributed by atoms with E-state index in [4.69, 9.17) is 4.74 Å². The SMILES string of the molecule is O=Nc1ccc(C(=O)OC2CCCCCCC2)cc1. The lowest BCUT2D eigenvalue weighted by molar-refractivity contribution is 0.0239. The number of hydrogen-bond donors (Lipinski definition) is 0. The van der Waals surface area contributed by atoms with Crippen molar-refractivity contribution in [3.8, 4) is 0 Å². The third kappa shape index (κ3) is 4.16. The van der Waals surface area contributed by atoms with Gasteiger partial charge in [-0.1, -0.05) is 19.3 Å².